The highest BCUT2D eigenvalue weighted by Gasteiger charge is 2.53. The first-order chi connectivity index (χ1) is 44.7. The monoisotopic (exact) mass is 1300 g/mol. The molecular formula is C74H94O16P2. The van der Waals surface area contributed by atoms with Gasteiger partial charge in [0.15, 0.2) is 37.4 Å². The number of carbonyl (C=O) groups excluding carboxylic acids is 2. The second-order valence-corrected chi connectivity index (χ2v) is 25.2. The number of benzene rings is 6. The molecule has 16 nitrogen and oxygen atoms in total. The van der Waals surface area contributed by atoms with E-state index in [1.54, 1.807) is 48.5 Å². The molecule has 22 atom stereocenters. The average Bonchev–Trinajstić information content (AvgIpc) is 0.990. The van der Waals surface area contributed by atoms with Crippen molar-refractivity contribution in [2.75, 3.05) is 25.9 Å². The Labute approximate surface area is 548 Å². The van der Waals surface area contributed by atoms with Crippen molar-refractivity contribution >= 4 is 30.4 Å². The van der Waals surface area contributed by atoms with Crippen molar-refractivity contribution in [2.24, 2.45) is 35.5 Å². The molecular weight excluding hydrogens is 1210 g/mol. The zero-order chi connectivity index (χ0) is 64.9. The van der Waals surface area contributed by atoms with E-state index in [0.717, 1.165) is 22.3 Å². The molecule has 18 heteroatoms. The summed E-state index contributed by atoms with van der Waals surface area (Å²) in [6, 6.07) is 58.0. The number of esters is 2. The summed E-state index contributed by atoms with van der Waals surface area (Å²) in [5.41, 5.74) is 5.16. The first-order valence-corrected chi connectivity index (χ1v) is 34.0. The van der Waals surface area contributed by atoms with E-state index < -0.39 is 73.7 Å². The maximum absolute atomic E-state index is 13.3. The molecule has 10 rings (SSSR count). The van der Waals surface area contributed by atoms with E-state index in [2.05, 4.69) is 60.0 Å². The van der Waals surface area contributed by atoms with Crippen LogP contribution >= 0.6 is 18.5 Å². The highest BCUT2D eigenvalue weighted by molar-refractivity contribution is 7.16. The first-order valence-electron chi connectivity index (χ1n) is 32.3. The Morgan fingerprint density at radius 2 is 0.641 bits per heavy atom. The molecule has 496 valence electrons. The van der Waals surface area contributed by atoms with Gasteiger partial charge in [-0.05, 0) is 84.0 Å². The molecule has 92 heavy (non-hydrogen) atoms. The maximum Gasteiger partial charge on any atom is 0.338 e. The predicted molar refractivity (Wildman–Crippen MR) is 356 cm³/mol. The molecule has 0 bridgehead atoms. The molecule has 0 aliphatic carbocycles. The van der Waals surface area contributed by atoms with Gasteiger partial charge in [0.25, 0.3) is 0 Å². The van der Waals surface area contributed by atoms with E-state index >= 15 is 0 Å². The van der Waals surface area contributed by atoms with Crippen LogP contribution in [0.15, 0.2) is 182 Å². The topological polar surface area (TPSA) is 163 Å². The third kappa shape index (κ3) is 19.4. The van der Waals surface area contributed by atoms with Crippen LogP contribution in [0, 0.1) is 35.5 Å². The minimum atomic E-state index is -0.819. The van der Waals surface area contributed by atoms with Gasteiger partial charge in [0, 0.05) is 11.8 Å². The van der Waals surface area contributed by atoms with E-state index in [1.165, 1.54) is 0 Å². The van der Waals surface area contributed by atoms with E-state index in [-0.39, 0.29) is 73.1 Å². The van der Waals surface area contributed by atoms with Crippen LogP contribution in [0.4, 0.5) is 0 Å². The first kappa shape index (κ1) is 70.9. The highest BCUT2D eigenvalue weighted by atomic mass is 31.0. The summed E-state index contributed by atoms with van der Waals surface area (Å²) in [7, 11) is 5.09. The summed E-state index contributed by atoms with van der Waals surface area (Å²) < 4.78 is 89.5. The molecule has 4 aliphatic heterocycles. The minimum Gasteiger partial charge on any atom is -0.453 e. The molecule has 0 aromatic heterocycles. The largest absolute Gasteiger partial charge is 0.453 e. The van der Waals surface area contributed by atoms with Crippen LogP contribution in [0.5, 0.6) is 0 Å². The van der Waals surface area contributed by atoms with Gasteiger partial charge in [-0.25, -0.2) is 9.59 Å². The lowest BCUT2D eigenvalue weighted by molar-refractivity contribution is -0.343. The molecule has 0 spiro atoms. The van der Waals surface area contributed by atoms with Crippen LogP contribution in [0.3, 0.4) is 0 Å². The second kappa shape index (κ2) is 35.9. The molecule has 10 unspecified atom stereocenters. The highest BCUT2D eigenvalue weighted by Crippen LogP contribution is 2.41. The van der Waals surface area contributed by atoms with Crippen molar-refractivity contribution in [3.8, 4) is 0 Å². The van der Waals surface area contributed by atoms with Gasteiger partial charge in [0.2, 0.25) is 0 Å². The average molecular weight is 1300 g/mol. The molecule has 0 saturated carbocycles. The van der Waals surface area contributed by atoms with Crippen molar-refractivity contribution in [1.29, 1.82) is 0 Å². The summed E-state index contributed by atoms with van der Waals surface area (Å²) in [6.45, 7) is 19.0. The molecule has 6 aromatic rings. The molecule has 0 radical (unpaired) electrons. The van der Waals surface area contributed by atoms with Crippen LogP contribution < -0.4 is 0 Å². The lowest BCUT2D eigenvalue weighted by Gasteiger charge is -2.49. The Morgan fingerprint density at radius 1 is 0.337 bits per heavy atom. The van der Waals surface area contributed by atoms with Gasteiger partial charge in [0.1, 0.15) is 24.4 Å². The number of rotatable bonds is 26. The number of carbonyl (C=O) groups is 2. The lowest BCUT2D eigenvalue weighted by Crippen LogP contribution is -2.60. The zero-order valence-corrected chi connectivity index (χ0v) is 56.5. The number of hydrogen-bond donors (Lipinski definition) is 0. The van der Waals surface area contributed by atoms with Gasteiger partial charge in [-0.15, -0.1) is 18.5 Å². The summed E-state index contributed by atoms with van der Waals surface area (Å²) in [4.78, 5) is 26.5. The molecule has 0 N–H and O–H groups in total. The van der Waals surface area contributed by atoms with Crippen LogP contribution in [0.2, 0.25) is 0 Å². The van der Waals surface area contributed by atoms with Crippen molar-refractivity contribution < 1.29 is 75.9 Å². The summed E-state index contributed by atoms with van der Waals surface area (Å²) in [5, 5.41) is 0. The van der Waals surface area contributed by atoms with Gasteiger partial charge in [-0.2, -0.15) is 0 Å². The second-order valence-electron chi connectivity index (χ2n) is 24.5. The number of hydrogen-bond acceptors (Lipinski definition) is 16. The van der Waals surface area contributed by atoms with Gasteiger partial charge >= 0.3 is 11.9 Å². The third-order valence-electron chi connectivity index (χ3n) is 18.3. The summed E-state index contributed by atoms with van der Waals surface area (Å²) in [6.07, 6.45) is -6.85. The summed E-state index contributed by atoms with van der Waals surface area (Å²) >= 11 is 0. The van der Waals surface area contributed by atoms with Crippen LogP contribution in [-0.2, 0) is 92.7 Å². The number of ether oxygens (including phenoxy) is 14. The van der Waals surface area contributed by atoms with Gasteiger partial charge in [-0.3, -0.25) is 0 Å². The Balaban J connectivity index is 0.000000217. The predicted octanol–water partition coefficient (Wildman–Crippen LogP) is 13.3. The molecule has 0 amide bonds. The molecule has 4 fully saturated rings. The van der Waals surface area contributed by atoms with Crippen LogP contribution in [0.1, 0.15) is 98.4 Å². The molecule has 4 aliphatic rings. The van der Waals surface area contributed by atoms with Gasteiger partial charge < -0.3 is 66.3 Å². The smallest absolute Gasteiger partial charge is 0.338 e. The fraction of sp³-hybridized carbons (Fsp3) is 0.486. The SMILES string of the molecule is CC1O[C@H](O[C@@H]2C(COCc3ccccc3)O[C@@H](OCP)C(OC(=O)c3ccccc3)[C@H]2C)C(OCc2ccccc2)[C@@H](C)[C@H]1C.CC1O[C@H](O[C@@H]2C(COCc3ccccc3)O[C@@H](OCP)C(OC(=O)c3ccccc3)[C@H]2C)C(OCc2ccccc2)[C@@H](C)[C@H]1C. The molecule has 6 aromatic carbocycles. The van der Waals surface area contributed by atoms with Crippen LogP contribution in [0.25, 0.3) is 0 Å². The van der Waals surface area contributed by atoms with Gasteiger partial charge in [0.05, 0.1) is 87.9 Å². The quantitative estimate of drug-likeness (QED) is 0.0372. The van der Waals surface area contributed by atoms with Crippen molar-refractivity contribution in [1.82, 2.24) is 0 Å². The van der Waals surface area contributed by atoms with E-state index in [0.29, 0.717) is 50.3 Å². The fourth-order valence-corrected chi connectivity index (χ4v) is 12.6. The Hall–Kier alpha value is -5.36. The zero-order valence-electron chi connectivity index (χ0n) is 54.2. The van der Waals surface area contributed by atoms with E-state index in [4.69, 9.17) is 66.3 Å². The molecule has 4 heterocycles. The third-order valence-corrected chi connectivity index (χ3v) is 18.7. The van der Waals surface area contributed by atoms with Crippen molar-refractivity contribution in [3.05, 3.63) is 215 Å². The minimum absolute atomic E-state index is 0.0518. The fourth-order valence-electron chi connectivity index (χ4n) is 12.2. The lowest BCUT2D eigenvalue weighted by atomic mass is 9.83. The van der Waals surface area contributed by atoms with Gasteiger partial charge in [-0.1, -0.05) is 199 Å². The van der Waals surface area contributed by atoms with Crippen molar-refractivity contribution in [3.63, 3.8) is 0 Å². The molecule has 4 saturated heterocycles. The maximum atomic E-state index is 13.3. The standard InChI is InChI=1S/2C37H47O8P/c2*1-24-25(2)33(40-21-29-16-10-6-11-17-29)37(42-27(24)4)45-32-26(3)34(44-35(38)30-18-12-7-13-19-30)36(41-23-46)43-31(32)22-39-20-28-14-8-5-9-15-28/h2*5-19,24-27,31-34,36-37H,20-23,46H2,1-4H3/t2*24-,25+,26+,27?,31?,32+,33?,34?,36-,37-/m11/s1. The Morgan fingerprint density at radius 3 is 0.957 bits per heavy atom. The summed E-state index contributed by atoms with van der Waals surface area (Å²) in [5.74, 6) is -0.756. The van der Waals surface area contributed by atoms with Crippen molar-refractivity contribution in [2.45, 2.75) is 168 Å². The van der Waals surface area contributed by atoms with Crippen LogP contribution in [-0.4, -0.2) is 124 Å². The Kier molecular flexibility index (Phi) is 27.7. The Bertz CT molecular complexity index is 2860. The normalized spacial score (nSPS) is 31.3. The van der Waals surface area contributed by atoms with E-state index in [9.17, 15) is 9.59 Å². The van der Waals surface area contributed by atoms with E-state index in [1.807, 2.05) is 147 Å².